The van der Waals surface area contributed by atoms with Gasteiger partial charge in [0.1, 0.15) is 11.4 Å². The summed E-state index contributed by atoms with van der Waals surface area (Å²) in [6, 6.07) is 6.82. The minimum atomic E-state index is -0.484. The van der Waals surface area contributed by atoms with Crippen molar-refractivity contribution in [3.05, 3.63) is 35.6 Å². The van der Waals surface area contributed by atoms with Crippen molar-refractivity contribution in [2.45, 2.75) is 52.2 Å². The number of rotatable bonds is 7. The SMILES string of the molecule is CCC(NCCCN(C)C(=O)OC(C)(C)C)c1ccccc1F. The Morgan fingerprint density at radius 1 is 1.35 bits per heavy atom. The van der Waals surface area contributed by atoms with Crippen molar-refractivity contribution in [3.63, 3.8) is 0 Å². The van der Waals surface area contributed by atoms with E-state index in [9.17, 15) is 9.18 Å². The Balaban J connectivity index is 2.38. The fourth-order valence-electron chi connectivity index (χ4n) is 2.26. The number of hydrogen-bond acceptors (Lipinski definition) is 3. The van der Waals surface area contributed by atoms with Gasteiger partial charge < -0.3 is 15.0 Å². The van der Waals surface area contributed by atoms with Crippen LogP contribution in [0.4, 0.5) is 9.18 Å². The zero-order valence-electron chi connectivity index (χ0n) is 14.9. The predicted octanol–water partition coefficient (Wildman–Crippen LogP) is 4.12. The van der Waals surface area contributed by atoms with Crippen LogP contribution in [0.5, 0.6) is 0 Å². The summed E-state index contributed by atoms with van der Waals surface area (Å²) in [6.07, 6.45) is 1.27. The maximum Gasteiger partial charge on any atom is 0.410 e. The number of benzene rings is 1. The van der Waals surface area contributed by atoms with Crippen molar-refractivity contribution >= 4 is 6.09 Å². The summed E-state index contributed by atoms with van der Waals surface area (Å²) in [5.74, 6) is -0.183. The monoisotopic (exact) mass is 324 g/mol. The normalized spacial score (nSPS) is 12.8. The molecule has 0 fully saturated rings. The van der Waals surface area contributed by atoms with Gasteiger partial charge in [0.05, 0.1) is 0 Å². The maximum absolute atomic E-state index is 13.8. The molecule has 0 saturated heterocycles. The summed E-state index contributed by atoms with van der Waals surface area (Å²) in [5, 5.41) is 3.35. The van der Waals surface area contributed by atoms with Gasteiger partial charge in [-0.1, -0.05) is 25.1 Å². The van der Waals surface area contributed by atoms with Gasteiger partial charge in [-0.25, -0.2) is 9.18 Å². The molecular formula is C18H29FN2O2. The van der Waals surface area contributed by atoms with Gasteiger partial charge in [-0.05, 0) is 46.2 Å². The Hall–Kier alpha value is -1.62. The topological polar surface area (TPSA) is 41.6 Å². The lowest BCUT2D eigenvalue weighted by Crippen LogP contribution is -2.35. The summed E-state index contributed by atoms with van der Waals surface area (Å²) in [5.41, 5.74) is 0.206. The molecule has 5 heteroatoms. The average Bonchev–Trinajstić information content (AvgIpc) is 2.46. The van der Waals surface area contributed by atoms with Gasteiger partial charge >= 0.3 is 6.09 Å². The molecule has 0 aliphatic carbocycles. The van der Waals surface area contributed by atoms with Crippen molar-refractivity contribution in [2.75, 3.05) is 20.1 Å². The van der Waals surface area contributed by atoms with Crippen molar-refractivity contribution < 1.29 is 13.9 Å². The van der Waals surface area contributed by atoms with Gasteiger partial charge in [-0.15, -0.1) is 0 Å². The van der Waals surface area contributed by atoms with Gasteiger partial charge in [-0.2, -0.15) is 0 Å². The van der Waals surface area contributed by atoms with Crippen molar-refractivity contribution in [2.24, 2.45) is 0 Å². The molecule has 1 aromatic rings. The third-order valence-electron chi connectivity index (χ3n) is 3.46. The smallest absolute Gasteiger partial charge is 0.410 e. The molecule has 0 aliphatic rings. The van der Waals surface area contributed by atoms with E-state index in [-0.39, 0.29) is 18.0 Å². The number of amides is 1. The van der Waals surface area contributed by atoms with E-state index >= 15 is 0 Å². The van der Waals surface area contributed by atoms with E-state index in [4.69, 9.17) is 4.74 Å². The predicted molar refractivity (Wildman–Crippen MR) is 90.9 cm³/mol. The molecule has 130 valence electrons. The molecule has 1 aromatic carbocycles. The lowest BCUT2D eigenvalue weighted by molar-refractivity contribution is 0.0297. The van der Waals surface area contributed by atoms with E-state index in [1.54, 1.807) is 18.0 Å². The van der Waals surface area contributed by atoms with E-state index in [1.807, 2.05) is 39.8 Å². The highest BCUT2D eigenvalue weighted by atomic mass is 19.1. The number of carbonyl (C=O) groups is 1. The molecule has 1 atom stereocenters. The first kappa shape index (κ1) is 19.4. The maximum atomic E-state index is 13.8. The third kappa shape index (κ3) is 6.99. The molecule has 1 unspecified atom stereocenters. The van der Waals surface area contributed by atoms with E-state index < -0.39 is 5.60 Å². The van der Waals surface area contributed by atoms with Crippen LogP contribution in [-0.4, -0.2) is 36.7 Å². The van der Waals surface area contributed by atoms with Gasteiger partial charge in [-0.3, -0.25) is 0 Å². The standard InChI is InChI=1S/C18H29FN2O2/c1-6-16(14-10-7-8-11-15(14)19)20-12-9-13-21(5)17(22)23-18(2,3)4/h7-8,10-11,16,20H,6,9,12-13H2,1-5H3. The van der Waals surface area contributed by atoms with Crippen LogP contribution in [0.3, 0.4) is 0 Å². The first-order valence-corrected chi connectivity index (χ1v) is 8.16. The second-order valence-corrected chi connectivity index (χ2v) is 6.69. The molecule has 0 radical (unpaired) electrons. The molecule has 0 spiro atoms. The Bertz CT molecular complexity index is 500. The van der Waals surface area contributed by atoms with Crippen molar-refractivity contribution in [1.29, 1.82) is 0 Å². The zero-order valence-corrected chi connectivity index (χ0v) is 14.9. The number of carbonyl (C=O) groups excluding carboxylic acids is 1. The Morgan fingerprint density at radius 3 is 2.57 bits per heavy atom. The first-order valence-electron chi connectivity index (χ1n) is 8.16. The number of ether oxygens (including phenoxy) is 1. The highest BCUT2D eigenvalue weighted by Gasteiger charge is 2.19. The molecule has 1 rings (SSSR count). The van der Waals surface area contributed by atoms with Gasteiger partial charge in [0.25, 0.3) is 0 Å². The lowest BCUT2D eigenvalue weighted by Gasteiger charge is -2.25. The molecule has 1 amide bonds. The first-order chi connectivity index (χ1) is 10.7. The minimum Gasteiger partial charge on any atom is -0.444 e. The second kappa shape index (κ2) is 8.87. The average molecular weight is 324 g/mol. The quantitative estimate of drug-likeness (QED) is 0.767. The summed E-state index contributed by atoms with van der Waals surface area (Å²) in [4.78, 5) is 13.4. The number of nitrogens with zero attached hydrogens (tertiary/aromatic N) is 1. The van der Waals surface area contributed by atoms with E-state index in [0.29, 0.717) is 18.7 Å². The van der Waals surface area contributed by atoms with Crippen LogP contribution in [0.15, 0.2) is 24.3 Å². The van der Waals surface area contributed by atoms with Crippen molar-refractivity contribution in [3.8, 4) is 0 Å². The Labute approximate surface area is 139 Å². The zero-order chi connectivity index (χ0) is 17.5. The van der Waals surface area contributed by atoms with E-state index in [1.165, 1.54) is 6.07 Å². The molecule has 0 saturated carbocycles. The lowest BCUT2D eigenvalue weighted by atomic mass is 10.0. The summed E-state index contributed by atoms with van der Waals surface area (Å²) >= 11 is 0. The number of hydrogen-bond donors (Lipinski definition) is 1. The summed E-state index contributed by atoms with van der Waals surface area (Å²) < 4.78 is 19.1. The van der Waals surface area contributed by atoms with Gasteiger partial charge in [0.15, 0.2) is 0 Å². The van der Waals surface area contributed by atoms with Crippen LogP contribution in [0.2, 0.25) is 0 Å². The molecule has 1 N–H and O–H groups in total. The van der Waals surface area contributed by atoms with Crippen molar-refractivity contribution in [1.82, 2.24) is 10.2 Å². The number of nitrogens with one attached hydrogen (secondary N) is 1. The fraction of sp³-hybridized carbons (Fsp3) is 0.611. The highest BCUT2D eigenvalue weighted by molar-refractivity contribution is 5.67. The van der Waals surface area contributed by atoms with Crippen LogP contribution >= 0.6 is 0 Å². The molecule has 4 nitrogen and oxygen atoms in total. The van der Waals surface area contributed by atoms with Crippen LogP contribution in [0.1, 0.15) is 52.1 Å². The van der Waals surface area contributed by atoms with Crippen LogP contribution in [0, 0.1) is 5.82 Å². The van der Waals surface area contributed by atoms with Gasteiger partial charge in [0, 0.05) is 25.2 Å². The van der Waals surface area contributed by atoms with Crippen LogP contribution in [0.25, 0.3) is 0 Å². The molecule has 0 bridgehead atoms. The fourth-order valence-corrected chi connectivity index (χ4v) is 2.26. The molecular weight excluding hydrogens is 295 g/mol. The Morgan fingerprint density at radius 2 is 2.00 bits per heavy atom. The van der Waals surface area contributed by atoms with E-state index in [2.05, 4.69) is 5.32 Å². The molecule has 0 aliphatic heterocycles. The summed E-state index contributed by atoms with van der Waals surface area (Å²) in [7, 11) is 1.72. The molecule has 0 heterocycles. The van der Waals surface area contributed by atoms with Crippen LogP contribution < -0.4 is 5.32 Å². The van der Waals surface area contributed by atoms with E-state index in [0.717, 1.165) is 12.8 Å². The van der Waals surface area contributed by atoms with Crippen LogP contribution in [-0.2, 0) is 4.74 Å². The van der Waals surface area contributed by atoms with Gasteiger partial charge in [0.2, 0.25) is 0 Å². The molecule has 0 aromatic heterocycles. The third-order valence-corrected chi connectivity index (χ3v) is 3.46. The summed E-state index contributed by atoms with van der Waals surface area (Å²) in [6.45, 7) is 8.87. The number of halogens is 1. The second-order valence-electron chi connectivity index (χ2n) is 6.69. The molecule has 23 heavy (non-hydrogen) atoms. The largest absolute Gasteiger partial charge is 0.444 e. The Kier molecular flexibility index (Phi) is 7.49. The highest BCUT2D eigenvalue weighted by Crippen LogP contribution is 2.19. The minimum absolute atomic E-state index is 0.0111.